The van der Waals surface area contributed by atoms with E-state index in [9.17, 15) is 13.2 Å². The van der Waals surface area contributed by atoms with Gasteiger partial charge in [0.1, 0.15) is 5.82 Å². The Hall–Kier alpha value is -3.29. The van der Waals surface area contributed by atoms with Gasteiger partial charge in [-0.05, 0) is 48.5 Å². The molecule has 1 heterocycles. The Morgan fingerprint density at radius 2 is 1.63 bits per heavy atom. The van der Waals surface area contributed by atoms with E-state index < -0.39 is 11.7 Å². The summed E-state index contributed by atoms with van der Waals surface area (Å²) in [5, 5.41) is 5.94. The van der Waals surface area contributed by atoms with Crippen molar-refractivity contribution in [1.82, 2.24) is 9.97 Å². The Kier molecular flexibility index (Phi) is 5.16. The fourth-order valence-electron chi connectivity index (χ4n) is 2.38. The predicted octanol–water partition coefficient (Wildman–Crippen LogP) is 5.05. The summed E-state index contributed by atoms with van der Waals surface area (Å²) in [4.78, 5) is 10.3. The summed E-state index contributed by atoms with van der Waals surface area (Å²) in [6, 6.07) is 14.3. The summed E-state index contributed by atoms with van der Waals surface area (Å²) in [5.74, 6) is 0.723. The van der Waals surface area contributed by atoms with E-state index in [1.807, 2.05) is 43.3 Å². The van der Waals surface area contributed by atoms with Crippen molar-refractivity contribution in [3.63, 3.8) is 0 Å². The molecule has 0 aliphatic carbocycles. The number of alkyl halides is 3. The van der Waals surface area contributed by atoms with Gasteiger partial charge in [0.05, 0.1) is 5.56 Å². The van der Waals surface area contributed by atoms with Gasteiger partial charge in [-0.2, -0.15) is 18.2 Å². The maximum Gasteiger partial charge on any atom is 0.416 e. The van der Waals surface area contributed by atoms with Crippen molar-refractivity contribution in [2.24, 2.45) is 0 Å². The van der Waals surface area contributed by atoms with Gasteiger partial charge in [0.2, 0.25) is 5.95 Å². The van der Waals surface area contributed by atoms with Crippen LogP contribution >= 0.6 is 0 Å². The summed E-state index contributed by atoms with van der Waals surface area (Å²) in [6.45, 7) is 0. The van der Waals surface area contributed by atoms with Crippen LogP contribution in [0.3, 0.4) is 0 Å². The van der Waals surface area contributed by atoms with Crippen LogP contribution < -0.4 is 15.5 Å². The van der Waals surface area contributed by atoms with E-state index in [4.69, 9.17) is 0 Å². The summed E-state index contributed by atoms with van der Waals surface area (Å²) >= 11 is 0. The van der Waals surface area contributed by atoms with Gasteiger partial charge in [-0.15, -0.1) is 0 Å². The maximum atomic E-state index is 12.8. The lowest BCUT2D eigenvalue weighted by Gasteiger charge is -2.13. The second-order valence-electron chi connectivity index (χ2n) is 6.04. The van der Waals surface area contributed by atoms with E-state index in [0.29, 0.717) is 5.82 Å². The molecule has 0 spiro atoms. The highest BCUT2D eigenvalue weighted by Crippen LogP contribution is 2.31. The molecular formula is C19H18F3N5. The average molecular weight is 373 g/mol. The van der Waals surface area contributed by atoms with Gasteiger partial charge in [-0.3, -0.25) is 0 Å². The standard InChI is InChI=1S/C19H18F3N5/c1-27(2)16-8-6-14(7-9-16)24-17-10-11-23-18(26-17)25-15-5-3-4-13(12-15)19(20,21)22/h3-12H,1-2H3,(H2,23,24,25,26). The van der Waals surface area contributed by atoms with E-state index in [0.717, 1.165) is 23.5 Å². The third-order valence-corrected chi connectivity index (χ3v) is 3.76. The van der Waals surface area contributed by atoms with Gasteiger partial charge in [0.15, 0.2) is 0 Å². The minimum absolute atomic E-state index is 0.198. The molecule has 0 aliphatic rings. The van der Waals surface area contributed by atoms with Gasteiger partial charge >= 0.3 is 6.18 Å². The molecule has 27 heavy (non-hydrogen) atoms. The van der Waals surface area contributed by atoms with Crippen LogP contribution in [0.25, 0.3) is 0 Å². The molecule has 0 radical (unpaired) electrons. The second kappa shape index (κ2) is 7.53. The molecule has 8 heteroatoms. The molecule has 5 nitrogen and oxygen atoms in total. The molecule has 0 amide bonds. The predicted molar refractivity (Wildman–Crippen MR) is 101 cm³/mol. The number of aromatic nitrogens is 2. The van der Waals surface area contributed by atoms with E-state index in [1.165, 1.54) is 18.3 Å². The first-order valence-electron chi connectivity index (χ1n) is 8.13. The van der Waals surface area contributed by atoms with Crippen LogP contribution in [0.5, 0.6) is 0 Å². The molecule has 1 aromatic heterocycles. The minimum Gasteiger partial charge on any atom is -0.378 e. The molecule has 140 valence electrons. The zero-order valence-electron chi connectivity index (χ0n) is 14.7. The first kappa shape index (κ1) is 18.5. The molecule has 0 fully saturated rings. The summed E-state index contributed by atoms with van der Waals surface area (Å²) in [5.41, 5.74) is 1.43. The van der Waals surface area contributed by atoms with Crippen molar-refractivity contribution >= 4 is 28.8 Å². The molecule has 0 atom stereocenters. The van der Waals surface area contributed by atoms with Gasteiger partial charge in [0.25, 0.3) is 0 Å². The fourth-order valence-corrected chi connectivity index (χ4v) is 2.38. The first-order valence-corrected chi connectivity index (χ1v) is 8.13. The van der Waals surface area contributed by atoms with E-state index in [2.05, 4.69) is 20.6 Å². The van der Waals surface area contributed by atoms with Crippen LogP contribution in [0.15, 0.2) is 60.8 Å². The zero-order chi connectivity index (χ0) is 19.4. The molecular weight excluding hydrogens is 355 g/mol. The highest BCUT2D eigenvalue weighted by molar-refractivity contribution is 5.62. The molecule has 0 bridgehead atoms. The Morgan fingerprint density at radius 3 is 2.30 bits per heavy atom. The molecule has 0 saturated heterocycles. The number of halogens is 3. The van der Waals surface area contributed by atoms with Gasteiger partial charge in [-0.25, -0.2) is 4.98 Å². The first-order chi connectivity index (χ1) is 12.8. The van der Waals surface area contributed by atoms with E-state index >= 15 is 0 Å². The topological polar surface area (TPSA) is 53.1 Å². The van der Waals surface area contributed by atoms with Gasteiger partial charge in [-0.1, -0.05) is 6.07 Å². The lowest BCUT2D eigenvalue weighted by molar-refractivity contribution is -0.137. The normalized spacial score (nSPS) is 11.1. The van der Waals surface area contributed by atoms with Crippen LogP contribution in [0.4, 0.5) is 42.0 Å². The quantitative estimate of drug-likeness (QED) is 0.656. The largest absolute Gasteiger partial charge is 0.416 e. The van der Waals surface area contributed by atoms with Crippen LogP contribution in [-0.2, 0) is 6.18 Å². The van der Waals surface area contributed by atoms with E-state index in [1.54, 1.807) is 6.07 Å². The van der Waals surface area contributed by atoms with Crippen molar-refractivity contribution in [1.29, 1.82) is 0 Å². The lowest BCUT2D eigenvalue weighted by atomic mass is 10.2. The molecule has 3 rings (SSSR count). The Bertz CT molecular complexity index is 908. The Labute approximate surface area is 154 Å². The third kappa shape index (κ3) is 4.87. The highest BCUT2D eigenvalue weighted by atomic mass is 19.4. The Morgan fingerprint density at radius 1 is 0.889 bits per heavy atom. The van der Waals surface area contributed by atoms with Crippen molar-refractivity contribution in [2.75, 3.05) is 29.6 Å². The summed E-state index contributed by atoms with van der Waals surface area (Å²) in [7, 11) is 3.91. The highest BCUT2D eigenvalue weighted by Gasteiger charge is 2.30. The summed E-state index contributed by atoms with van der Waals surface area (Å²) < 4.78 is 38.5. The third-order valence-electron chi connectivity index (χ3n) is 3.76. The SMILES string of the molecule is CN(C)c1ccc(Nc2ccnc(Nc3cccc(C(F)(F)F)c3)n2)cc1. The lowest BCUT2D eigenvalue weighted by Crippen LogP contribution is -2.08. The molecule has 0 aliphatic heterocycles. The van der Waals surface area contributed by atoms with E-state index in [-0.39, 0.29) is 11.6 Å². The van der Waals surface area contributed by atoms with Gasteiger partial charge in [0, 0.05) is 37.4 Å². The maximum absolute atomic E-state index is 12.8. The number of nitrogens with zero attached hydrogens (tertiary/aromatic N) is 3. The molecule has 0 unspecified atom stereocenters. The molecule has 3 aromatic rings. The van der Waals surface area contributed by atoms with Crippen molar-refractivity contribution in [3.8, 4) is 0 Å². The van der Waals surface area contributed by atoms with Crippen molar-refractivity contribution in [3.05, 3.63) is 66.4 Å². The number of hydrogen-bond acceptors (Lipinski definition) is 5. The average Bonchev–Trinajstić information content (AvgIpc) is 2.62. The van der Waals surface area contributed by atoms with Crippen LogP contribution in [0.2, 0.25) is 0 Å². The van der Waals surface area contributed by atoms with Crippen molar-refractivity contribution in [2.45, 2.75) is 6.18 Å². The molecule has 2 aromatic carbocycles. The number of nitrogens with one attached hydrogen (secondary N) is 2. The summed E-state index contributed by atoms with van der Waals surface area (Å²) in [6.07, 6.45) is -2.87. The fraction of sp³-hybridized carbons (Fsp3) is 0.158. The Balaban J connectivity index is 1.74. The number of hydrogen-bond donors (Lipinski definition) is 2. The van der Waals surface area contributed by atoms with Crippen molar-refractivity contribution < 1.29 is 13.2 Å². The molecule has 2 N–H and O–H groups in total. The van der Waals surface area contributed by atoms with Gasteiger partial charge < -0.3 is 15.5 Å². The van der Waals surface area contributed by atoms with Crippen LogP contribution in [0, 0.1) is 0 Å². The number of benzene rings is 2. The number of rotatable bonds is 5. The second-order valence-corrected chi connectivity index (χ2v) is 6.04. The number of anilines is 5. The molecule has 0 saturated carbocycles. The van der Waals surface area contributed by atoms with Crippen LogP contribution in [0.1, 0.15) is 5.56 Å². The smallest absolute Gasteiger partial charge is 0.378 e. The van der Waals surface area contributed by atoms with Crippen LogP contribution in [-0.4, -0.2) is 24.1 Å². The minimum atomic E-state index is -4.40. The zero-order valence-corrected chi connectivity index (χ0v) is 14.7. The monoisotopic (exact) mass is 373 g/mol.